The van der Waals surface area contributed by atoms with Gasteiger partial charge in [-0.1, -0.05) is 12.1 Å². The number of nitrogens with zero attached hydrogens (tertiary/aromatic N) is 2. The third kappa shape index (κ3) is 5.55. The number of rotatable bonds is 7. The van der Waals surface area contributed by atoms with Gasteiger partial charge < -0.3 is 15.0 Å². The highest BCUT2D eigenvalue weighted by Gasteiger charge is 2.27. The molecular formula is C21H27N3O3S. The van der Waals surface area contributed by atoms with E-state index in [0.29, 0.717) is 26.1 Å². The van der Waals surface area contributed by atoms with E-state index in [1.807, 2.05) is 41.5 Å². The summed E-state index contributed by atoms with van der Waals surface area (Å²) in [6, 6.07) is 7.57. The zero-order chi connectivity index (χ0) is 19.9. The molecule has 7 heteroatoms. The number of thiazole rings is 1. The van der Waals surface area contributed by atoms with Crippen molar-refractivity contribution in [2.75, 3.05) is 26.7 Å². The number of amides is 2. The molecular weight excluding hydrogens is 374 g/mol. The van der Waals surface area contributed by atoms with Crippen LogP contribution in [0.1, 0.15) is 29.1 Å². The van der Waals surface area contributed by atoms with E-state index in [4.69, 9.17) is 4.74 Å². The van der Waals surface area contributed by atoms with Crippen LogP contribution in [0.3, 0.4) is 0 Å². The molecule has 1 saturated heterocycles. The van der Waals surface area contributed by atoms with Crippen LogP contribution in [0.5, 0.6) is 5.75 Å². The molecule has 0 atom stereocenters. The highest BCUT2D eigenvalue weighted by molar-refractivity contribution is 7.09. The fraction of sp³-hybridized carbons (Fsp3) is 0.476. The number of benzene rings is 1. The number of carbonyl (C=O) groups is 2. The summed E-state index contributed by atoms with van der Waals surface area (Å²) >= 11 is 1.63. The van der Waals surface area contributed by atoms with Gasteiger partial charge in [0.2, 0.25) is 11.8 Å². The Labute approximate surface area is 169 Å². The Balaban J connectivity index is 1.39. The van der Waals surface area contributed by atoms with Gasteiger partial charge in [-0.25, -0.2) is 4.98 Å². The SMILES string of the molecule is COc1ccc(CC(=O)N2CCC(C(=O)NCCc3csc(C)n3)CC2)cc1. The first-order valence-electron chi connectivity index (χ1n) is 9.64. The lowest BCUT2D eigenvalue weighted by molar-refractivity contribution is -0.135. The number of methoxy groups -OCH3 is 1. The molecule has 1 aromatic heterocycles. The Morgan fingerprint density at radius 3 is 2.57 bits per heavy atom. The molecule has 0 unspecified atom stereocenters. The molecule has 0 saturated carbocycles. The van der Waals surface area contributed by atoms with Crippen molar-refractivity contribution < 1.29 is 14.3 Å². The summed E-state index contributed by atoms with van der Waals surface area (Å²) in [5.41, 5.74) is 2.00. The summed E-state index contributed by atoms with van der Waals surface area (Å²) in [6.07, 6.45) is 2.58. The summed E-state index contributed by atoms with van der Waals surface area (Å²) in [5, 5.41) is 6.10. The lowest BCUT2D eigenvalue weighted by Crippen LogP contribution is -2.43. The van der Waals surface area contributed by atoms with Crippen LogP contribution in [0.4, 0.5) is 0 Å². The molecule has 2 aromatic rings. The van der Waals surface area contributed by atoms with E-state index in [-0.39, 0.29) is 17.7 Å². The fourth-order valence-corrected chi connectivity index (χ4v) is 4.05. The van der Waals surface area contributed by atoms with E-state index in [2.05, 4.69) is 10.3 Å². The van der Waals surface area contributed by atoms with Crippen LogP contribution in [-0.2, 0) is 22.4 Å². The largest absolute Gasteiger partial charge is 0.497 e. The van der Waals surface area contributed by atoms with Gasteiger partial charge in [-0.2, -0.15) is 0 Å². The van der Waals surface area contributed by atoms with Crippen molar-refractivity contribution >= 4 is 23.2 Å². The predicted molar refractivity (Wildman–Crippen MR) is 110 cm³/mol. The van der Waals surface area contributed by atoms with Crippen molar-refractivity contribution in [1.82, 2.24) is 15.2 Å². The summed E-state index contributed by atoms with van der Waals surface area (Å²) in [7, 11) is 1.63. The van der Waals surface area contributed by atoms with Crippen molar-refractivity contribution in [2.45, 2.75) is 32.6 Å². The molecule has 0 aliphatic carbocycles. The van der Waals surface area contributed by atoms with E-state index in [1.54, 1.807) is 18.4 Å². The molecule has 1 aliphatic heterocycles. The maximum absolute atomic E-state index is 12.5. The van der Waals surface area contributed by atoms with Crippen LogP contribution in [0, 0.1) is 12.8 Å². The second-order valence-corrected chi connectivity index (χ2v) is 8.14. The van der Waals surface area contributed by atoms with Gasteiger partial charge in [0, 0.05) is 37.4 Å². The van der Waals surface area contributed by atoms with Crippen molar-refractivity contribution in [2.24, 2.45) is 5.92 Å². The Morgan fingerprint density at radius 2 is 1.96 bits per heavy atom. The zero-order valence-electron chi connectivity index (χ0n) is 16.4. The average Bonchev–Trinajstić information content (AvgIpc) is 3.13. The van der Waals surface area contributed by atoms with Gasteiger partial charge in [-0.05, 0) is 37.5 Å². The monoisotopic (exact) mass is 401 g/mol. The van der Waals surface area contributed by atoms with Gasteiger partial charge in [0.1, 0.15) is 5.75 Å². The molecule has 28 heavy (non-hydrogen) atoms. The number of aromatic nitrogens is 1. The molecule has 2 heterocycles. The lowest BCUT2D eigenvalue weighted by Gasteiger charge is -2.31. The Morgan fingerprint density at radius 1 is 1.25 bits per heavy atom. The quantitative estimate of drug-likeness (QED) is 0.774. The molecule has 0 radical (unpaired) electrons. The minimum Gasteiger partial charge on any atom is -0.497 e. The number of likely N-dealkylation sites (tertiary alicyclic amines) is 1. The maximum Gasteiger partial charge on any atom is 0.226 e. The molecule has 1 fully saturated rings. The summed E-state index contributed by atoms with van der Waals surface area (Å²) in [4.78, 5) is 31.2. The molecule has 2 amide bonds. The first kappa shape index (κ1) is 20.3. The number of hydrogen-bond donors (Lipinski definition) is 1. The van der Waals surface area contributed by atoms with Crippen LogP contribution in [0.15, 0.2) is 29.6 Å². The molecule has 1 N–H and O–H groups in total. The highest BCUT2D eigenvalue weighted by Crippen LogP contribution is 2.19. The fourth-order valence-electron chi connectivity index (χ4n) is 3.40. The van der Waals surface area contributed by atoms with Gasteiger partial charge in [-0.3, -0.25) is 9.59 Å². The third-order valence-corrected chi connectivity index (χ3v) is 5.90. The van der Waals surface area contributed by atoms with E-state index in [9.17, 15) is 9.59 Å². The lowest BCUT2D eigenvalue weighted by atomic mass is 9.95. The maximum atomic E-state index is 12.5. The Hall–Kier alpha value is -2.41. The standard InChI is InChI=1S/C21H27N3O3S/c1-15-23-18(14-28-15)7-10-22-21(26)17-8-11-24(12-9-17)20(25)13-16-3-5-19(27-2)6-4-16/h3-6,14,17H,7-13H2,1-2H3,(H,22,26). The van der Waals surface area contributed by atoms with E-state index < -0.39 is 0 Å². The minimum absolute atomic E-state index is 0.0118. The van der Waals surface area contributed by atoms with Crippen LogP contribution in [-0.4, -0.2) is 48.4 Å². The second-order valence-electron chi connectivity index (χ2n) is 7.08. The minimum atomic E-state index is -0.0118. The number of aryl methyl sites for hydroxylation is 1. The topological polar surface area (TPSA) is 71.5 Å². The van der Waals surface area contributed by atoms with Crippen molar-refractivity contribution in [3.8, 4) is 5.75 Å². The van der Waals surface area contributed by atoms with Gasteiger partial charge >= 0.3 is 0 Å². The van der Waals surface area contributed by atoms with Crippen LogP contribution in [0.25, 0.3) is 0 Å². The van der Waals surface area contributed by atoms with E-state index in [0.717, 1.165) is 41.3 Å². The Bertz CT molecular complexity index is 795. The molecule has 6 nitrogen and oxygen atoms in total. The Kier molecular flexibility index (Phi) is 7.03. The third-order valence-electron chi connectivity index (χ3n) is 5.08. The molecule has 1 aromatic carbocycles. The zero-order valence-corrected chi connectivity index (χ0v) is 17.3. The number of carbonyl (C=O) groups excluding carboxylic acids is 2. The normalized spacial score (nSPS) is 14.7. The van der Waals surface area contributed by atoms with Gasteiger partial charge in [0.25, 0.3) is 0 Å². The first-order chi connectivity index (χ1) is 13.5. The van der Waals surface area contributed by atoms with E-state index in [1.165, 1.54) is 0 Å². The van der Waals surface area contributed by atoms with Crippen molar-refractivity contribution in [1.29, 1.82) is 0 Å². The van der Waals surface area contributed by atoms with Gasteiger partial charge in [-0.15, -0.1) is 11.3 Å². The second kappa shape index (κ2) is 9.68. The first-order valence-corrected chi connectivity index (χ1v) is 10.5. The summed E-state index contributed by atoms with van der Waals surface area (Å²) in [6.45, 7) is 3.87. The van der Waals surface area contributed by atoms with Gasteiger partial charge in [0.15, 0.2) is 0 Å². The van der Waals surface area contributed by atoms with Crippen molar-refractivity contribution in [3.63, 3.8) is 0 Å². The number of nitrogens with one attached hydrogen (secondary N) is 1. The van der Waals surface area contributed by atoms with Crippen molar-refractivity contribution in [3.05, 3.63) is 45.9 Å². The summed E-state index contributed by atoms with van der Waals surface area (Å²) < 4.78 is 5.14. The molecule has 150 valence electrons. The smallest absolute Gasteiger partial charge is 0.226 e. The molecule has 0 spiro atoms. The van der Waals surface area contributed by atoms with E-state index >= 15 is 0 Å². The van der Waals surface area contributed by atoms with Crippen LogP contribution < -0.4 is 10.1 Å². The van der Waals surface area contributed by atoms with Crippen LogP contribution >= 0.6 is 11.3 Å². The average molecular weight is 402 g/mol. The molecule has 1 aliphatic rings. The number of hydrogen-bond acceptors (Lipinski definition) is 5. The summed E-state index contributed by atoms with van der Waals surface area (Å²) in [5.74, 6) is 0.979. The van der Waals surface area contributed by atoms with Gasteiger partial charge in [0.05, 0.1) is 24.2 Å². The highest BCUT2D eigenvalue weighted by atomic mass is 32.1. The molecule has 0 bridgehead atoms. The molecule has 3 rings (SSSR count). The van der Waals surface area contributed by atoms with Crippen LogP contribution in [0.2, 0.25) is 0 Å². The number of ether oxygens (including phenoxy) is 1. The number of piperidine rings is 1. The predicted octanol–water partition coefficient (Wildman–Crippen LogP) is 2.60.